The summed E-state index contributed by atoms with van der Waals surface area (Å²) >= 11 is 6.80. The van der Waals surface area contributed by atoms with Gasteiger partial charge in [0.05, 0.1) is 12.1 Å². The van der Waals surface area contributed by atoms with Crippen molar-refractivity contribution in [3.05, 3.63) is 128 Å². The Morgan fingerprint density at radius 3 is 1.72 bits per heavy atom. The minimum Gasteiger partial charge on any atom is -0.406 e. The van der Waals surface area contributed by atoms with Crippen molar-refractivity contribution in [3.8, 4) is 11.5 Å². The average molecular weight is 953 g/mol. The van der Waals surface area contributed by atoms with Crippen molar-refractivity contribution in [3.63, 3.8) is 0 Å². The van der Waals surface area contributed by atoms with E-state index in [1.165, 1.54) is 31.2 Å². The largest absolute Gasteiger partial charge is 0.573 e. The normalized spacial score (nSPS) is 18.1. The van der Waals surface area contributed by atoms with Crippen LogP contribution in [-0.2, 0) is 20.0 Å². The SMILES string of the molecule is CC(=O)N1C(=O)C(C(=O)c2ccccc2Br)CC1c1ccc(OC(F)(F)F)cc1.FC(F)(F)Oc1ccc(C2CCC(c3ccccc3Br)=N2)cc1.O=S(=O)(O)O. The number of Topliss-reactive ketones (excluding diaryl/α,β-unsaturated/α-hetero) is 1. The van der Waals surface area contributed by atoms with Crippen LogP contribution in [-0.4, -0.2) is 58.5 Å². The van der Waals surface area contributed by atoms with Gasteiger partial charge in [0.15, 0.2) is 5.78 Å². The molecule has 20 heteroatoms. The van der Waals surface area contributed by atoms with Gasteiger partial charge in [-0.1, -0.05) is 92.5 Å². The average Bonchev–Trinajstić information content (AvgIpc) is 3.73. The molecule has 304 valence electrons. The molecule has 1 saturated heterocycles. The van der Waals surface area contributed by atoms with Crippen molar-refractivity contribution >= 4 is 65.6 Å². The number of hydrogen-bond acceptors (Lipinski definition) is 8. The zero-order valence-corrected chi connectivity index (χ0v) is 33.2. The van der Waals surface area contributed by atoms with E-state index in [4.69, 9.17) is 22.5 Å². The molecule has 2 amide bonds. The molecule has 0 aliphatic carbocycles. The summed E-state index contributed by atoms with van der Waals surface area (Å²) in [5.74, 6) is -3.28. The number of carbonyl (C=O) groups excluding carboxylic acids is 3. The Morgan fingerprint density at radius 1 is 0.772 bits per heavy atom. The number of alkyl halides is 6. The fourth-order valence-electron chi connectivity index (χ4n) is 5.99. The van der Waals surface area contributed by atoms with Crippen LogP contribution in [0.1, 0.15) is 65.3 Å². The molecule has 0 radical (unpaired) electrons. The maximum atomic E-state index is 12.9. The Labute approximate surface area is 338 Å². The monoisotopic (exact) mass is 950 g/mol. The molecule has 0 bridgehead atoms. The summed E-state index contributed by atoms with van der Waals surface area (Å²) < 4.78 is 114. The second-order valence-electron chi connectivity index (χ2n) is 12.2. The number of amides is 2. The van der Waals surface area contributed by atoms with E-state index in [-0.39, 0.29) is 18.2 Å². The molecule has 6 rings (SSSR count). The lowest BCUT2D eigenvalue weighted by atomic mass is 9.92. The van der Waals surface area contributed by atoms with Crippen LogP contribution in [0.5, 0.6) is 11.5 Å². The number of halogens is 8. The standard InChI is InChI=1S/C20H15BrF3NO4.C17H13BrF3NO.H2O4S/c1-11(26)25-17(12-6-8-13(9-7-12)29-20(22,23)24)10-15(19(25)28)18(27)14-4-2-3-5-16(14)21;18-14-4-2-1-3-13(14)16-10-9-15(22-16)11-5-7-12(8-6-11)23-17(19,20)21;1-5(2,3)4/h2-9,15,17H,10H2,1H3;1-8,15H,9-10H2;(H2,1,2,3,4). The number of rotatable bonds is 7. The van der Waals surface area contributed by atoms with Gasteiger partial charge in [-0.2, -0.15) is 8.42 Å². The highest BCUT2D eigenvalue weighted by Crippen LogP contribution is 2.40. The Morgan fingerprint density at radius 2 is 1.25 bits per heavy atom. The minimum absolute atomic E-state index is 0.0305. The third kappa shape index (κ3) is 13.5. The number of imide groups is 1. The number of ketones is 1. The summed E-state index contributed by atoms with van der Waals surface area (Å²) in [4.78, 5) is 43.5. The van der Waals surface area contributed by atoms with Crippen molar-refractivity contribution in [1.29, 1.82) is 0 Å². The van der Waals surface area contributed by atoms with Gasteiger partial charge in [-0.05, 0) is 66.8 Å². The second kappa shape index (κ2) is 18.8. The number of benzene rings is 4. The fourth-order valence-corrected chi connectivity index (χ4v) is 6.99. The number of nitrogens with zero attached hydrogens (tertiary/aromatic N) is 2. The van der Waals surface area contributed by atoms with Crippen molar-refractivity contribution < 1.29 is 67.7 Å². The molecule has 2 aliphatic rings. The van der Waals surface area contributed by atoms with Crippen molar-refractivity contribution in [2.75, 3.05) is 0 Å². The highest BCUT2D eigenvalue weighted by Gasteiger charge is 2.46. The van der Waals surface area contributed by atoms with Crippen LogP contribution in [0.15, 0.2) is 111 Å². The summed E-state index contributed by atoms with van der Waals surface area (Å²) in [7, 11) is -4.67. The van der Waals surface area contributed by atoms with Gasteiger partial charge in [-0.15, -0.1) is 26.3 Å². The van der Waals surface area contributed by atoms with Crippen LogP contribution in [0.25, 0.3) is 0 Å². The van der Waals surface area contributed by atoms with Gasteiger partial charge in [0.2, 0.25) is 11.8 Å². The summed E-state index contributed by atoms with van der Waals surface area (Å²) in [6.07, 6.45) is -7.76. The lowest BCUT2D eigenvalue weighted by molar-refractivity contribution is -0.275. The first-order valence-corrected chi connectivity index (χ1v) is 19.3. The van der Waals surface area contributed by atoms with Crippen LogP contribution in [0, 0.1) is 5.92 Å². The maximum absolute atomic E-state index is 12.9. The fraction of sp³-hybridized carbons (Fsp3) is 0.243. The van der Waals surface area contributed by atoms with Crippen LogP contribution in [0.2, 0.25) is 0 Å². The minimum atomic E-state index is -4.82. The molecule has 1 fully saturated rings. The van der Waals surface area contributed by atoms with E-state index in [0.29, 0.717) is 15.6 Å². The van der Waals surface area contributed by atoms with Crippen LogP contribution >= 0.6 is 31.9 Å². The molecule has 4 aromatic carbocycles. The molecular weight excluding hydrogens is 922 g/mol. The maximum Gasteiger partial charge on any atom is 0.573 e. The molecule has 0 aromatic heterocycles. The van der Waals surface area contributed by atoms with E-state index < -0.39 is 58.4 Å². The number of carbonyl (C=O) groups is 3. The van der Waals surface area contributed by atoms with Gasteiger partial charge in [-0.25, -0.2) is 0 Å². The summed E-state index contributed by atoms with van der Waals surface area (Å²) in [5, 5.41) is 0. The first kappa shape index (κ1) is 45.1. The quantitative estimate of drug-likeness (QED) is 0.0796. The number of likely N-dealkylation sites (tertiary alicyclic amines) is 1. The van der Waals surface area contributed by atoms with Crippen LogP contribution in [0.3, 0.4) is 0 Å². The molecule has 3 atom stereocenters. The number of ether oxygens (including phenoxy) is 2. The first-order chi connectivity index (χ1) is 26.5. The topological polar surface area (TPSA) is 160 Å². The van der Waals surface area contributed by atoms with Crippen LogP contribution in [0.4, 0.5) is 26.3 Å². The summed E-state index contributed by atoms with van der Waals surface area (Å²) in [5.41, 5.74) is 3.72. The molecule has 57 heavy (non-hydrogen) atoms. The van der Waals surface area contributed by atoms with Gasteiger partial charge in [0.1, 0.15) is 17.4 Å². The van der Waals surface area contributed by atoms with Crippen molar-refractivity contribution in [1.82, 2.24) is 4.90 Å². The third-order valence-corrected chi connectivity index (χ3v) is 9.63. The van der Waals surface area contributed by atoms with E-state index in [1.54, 1.807) is 36.4 Å². The molecule has 4 aromatic rings. The predicted octanol–water partition coefficient (Wildman–Crippen LogP) is 9.69. The molecule has 2 N–H and O–H groups in total. The lowest BCUT2D eigenvalue weighted by Gasteiger charge is -2.22. The molecule has 3 unspecified atom stereocenters. The van der Waals surface area contributed by atoms with E-state index >= 15 is 0 Å². The first-order valence-electron chi connectivity index (χ1n) is 16.4. The highest BCUT2D eigenvalue weighted by molar-refractivity contribution is 9.10. The van der Waals surface area contributed by atoms with Gasteiger partial charge in [0.25, 0.3) is 0 Å². The van der Waals surface area contributed by atoms with E-state index in [2.05, 4.69) is 41.3 Å². The van der Waals surface area contributed by atoms with Crippen molar-refractivity contribution in [2.24, 2.45) is 10.9 Å². The zero-order chi connectivity index (χ0) is 42.3. The number of hydrogen-bond donors (Lipinski definition) is 2. The van der Waals surface area contributed by atoms with Gasteiger partial charge in [0, 0.05) is 32.7 Å². The predicted molar refractivity (Wildman–Crippen MR) is 200 cm³/mol. The molecule has 0 spiro atoms. The molecule has 2 aliphatic heterocycles. The Hall–Kier alpha value is -4.63. The summed E-state index contributed by atoms with van der Waals surface area (Å²) in [6, 6.07) is 24.6. The molecule has 11 nitrogen and oxygen atoms in total. The Bertz CT molecular complexity index is 2210. The smallest absolute Gasteiger partial charge is 0.406 e. The van der Waals surface area contributed by atoms with E-state index in [9.17, 15) is 40.7 Å². The van der Waals surface area contributed by atoms with Crippen LogP contribution < -0.4 is 9.47 Å². The molecule has 0 saturated carbocycles. The second-order valence-corrected chi connectivity index (χ2v) is 14.8. The van der Waals surface area contributed by atoms with Crippen molar-refractivity contribution in [2.45, 2.75) is 51.0 Å². The highest BCUT2D eigenvalue weighted by atomic mass is 79.9. The summed E-state index contributed by atoms with van der Waals surface area (Å²) in [6.45, 7) is 1.21. The van der Waals surface area contributed by atoms with Gasteiger partial charge < -0.3 is 9.47 Å². The third-order valence-electron chi connectivity index (χ3n) is 8.25. The Kier molecular flexibility index (Phi) is 14.8. The van der Waals surface area contributed by atoms with E-state index in [0.717, 1.165) is 51.2 Å². The van der Waals surface area contributed by atoms with E-state index in [1.807, 2.05) is 24.3 Å². The zero-order valence-electron chi connectivity index (χ0n) is 29.2. The molecular formula is C37H30Br2F6N2O9S. The number of aliphatic imine (C=N–C) groups is 1. The Balaban J connectivity index is 0.000000230. The van der Waals surface area contributed by atoms with Gasteiger partial charge >= 0.3 is 23.1 Å². The lowest BCUT2D eigenvalue weighted by Crippen LogP contribution is -2.35. The molecule has 2 heterocycles. The van der Waals surface area contributed by atoms with Gasteiger partial charge in [-0.3, -0.25) is 33.4 Å².